The molecule has 0 atom stereocenters. The van der Waals surface area contributed by atoms with Crippen molar-refractivity contribution in [2.24, 2.45) is 5.41 Å². The fourth-order valence-corrected chi connectivity index (χ4v) is 2.78. The normalized spacial score (nSPS) is 16.7. The van der Waals surface area contributed by atoms with Gasteiger partial charge >= 0.3 is 0 Å². The summed E-state index contributed by atoms with van der Waals surface area (Å²) in [5, 5.41) is 3.04. The van der Waals surface area contributed by atoms with Crippen molar-refractivity contribution in [1.82, 2.24) is 9.88 Å². The first-order valence-corrected chi connectivity index (χ1v) is 7.06. The molecule has 1 N–H and O–H groups in total. The summed E-state index contributed by atoms with van der Waals surface area (Å²) < 4.78 is 1.73. The second-order valence-electron chi connectivity index (χ2n) is 5.59. The highest BCUT2D eigenvalue weighted by Gasteiger charge is 2.35. The molecule has 4 nitrogen and oxygen atoms in total. The predicted molar refractivity (Wildman–Crippen MR) is 74.9 cm³/mol. The molecule has 0 saturated heterocycles. The lowest BCUT2D eigenvalue weighted by Gasteiger charge is -2.42. The number of nitrogens with one attached hydrogen (secondary N) is 1. The van der Waals surface area contributed by atoms with E-state index in [2.05, 4.69) is 12.2 Å². The molecule has 104 valence electrons. The number of hydrogen-bond acceptors (Lipinski definition) is 2. The van der Waals surface area contributed by atoms with Crippen LogP contribution < -0.4 is 10.7 Å². The van der Waals surface area contributed by atoms with Gasteiger partial charge in [-0.1, -0.05) is 19.8 Å². The van der Waals surface area contributed by atoms with Gasteiger partial charge in [-0.25, -0.2) is 0 Å². The van der Waals surface area contributed by atoms with E-state index in [0.29, 0.717) is 5.41 Å². The van der Waals surface area contributed by atoms with Crippen molar-refractivity contribution in [2.45, 2.75) is 45.6 Å². The molecular weight excluding hydrogens is 240 g/mol. The smallest absolute Gasteiger partial charge is 0.239 e. The van der Waals surface area contributed by atoms with E-state index < -0.39 is 0 Å². The molecule has 4 heteroatoms. The number of carbonyl (C=O) groups excluding carboxylic acids is 1. The fourth-order valence-electron chi connectivity index (χ4n) is 2.78. The average molecular weight is 262 g/mol. The van der Waals surface area contributed by atoms with Crippen molar-refractivity contribution in [3.05, 3.63) is 34.7 Å². The van der Waals surface area contributed by atoms with Crippen LogP contribution in [0, 0.1) is 5.41 Å². The van der Waals surface area contributed by atoms with Crippen LogP contribution in [0.5, 0.6) is 0 Å². The van der Waals surface area contributed by atoms with Crippen molar-refractivity contribution in [1.29, 1.82) is 0 Å². The Kier molecular flexibility index (Phi) is 4.40. The molecule has 0 aromatic carbocycles. The quantitative estimate of drug-likeness (QED) is 0.851. The molecule has 1 saturated carbocycles. The molecule has 1 amide bonds. The summed E-state index contributed by atoms with van der Waals surface area (Å²) in [6.07, 6.45) is 9.43. The van der Waals surface area contributed by atoms with Gasteiger partial charge in [0.1, 0.15) is 6.54 Å². The Bertz CT molecular complexity index is 469. The van der Waals surface area contributed by atoms with Gasteiger partial charge in [0.05, 0.1) is 0 Å². The molecule has 0 radical (unpaired) electrons. The van der Waals surface area contributed by atoms with Crippen molar-refractivity contribution in [2.75, 3.05) is 6.54 Å². The number of rotatable bonds is 6. The van der Waals surface area contributed by atoms with Crippen LogP contribution in [0.25, 0.3) is 0 Å². The van der Waals surface area contributed by atoms with E-state index in [4.69, 9.17) is 0 Å². The van der Waals surface area contributed by atoms with Crippen LogP contribution in [0.4, 0.5) is 0 Å². The second-order valence-corrected chi connectivity index (χ2v) is 5.59. The van der Waals surface area contributed by atoms with E-state index in [0.717, 1.165) is 6.54 Å². The van der Waals surface area contributed by atoms with Crippen LogP contribution >= 0.6 is 0 Å². The maximum atomic E-state index is 11.9. The monoisotopic (exact) mass is 262 g/mol. The van der Waals surface area contributed by atoms with Crippen LogP contribution in [0.2, 0.25) is 0 Å². The highest BCUT2D eigenvalue weighted by Crippen LogP contribution is 2.44. The van der Waals surface area contributed by atoms with Crippen molar-refractivity contribution in [3.8, 4) is 0 Å². The summed E-state index contributed by atoms with van der Waals surface area (Å²) >= 11 is 0. The first-order valence-electron chi connectivity index (χ1n) is 7.06. The van der Waals surface area contributed by atoms with E-state index in [1.807, 2.05) is 0 Å². The Morgan fingerprint density at radius 2 is 2.05 bits per heavy atom. The maximum Gasteiger partial charge on any atom is 0.239 e. The average Bonchev–Trinajstić information content (AvgIpc) is 2.35. The lowest BCUT2D eigenvalue weighted by atomic mass is 9.66. The molecule has 0 spiro atoms. The lowest BCUT2D eigenvalue weighted by Crippen LogP contribution is -2.43. The van der Waals surface area contributed by atoms with Crippen molar-refractivity contribution >= 4 is 5.91 Å². The molecule has 0 unspecified atom stereocenters. The van der Waals surface area contributed by atoms with Crippen LogP contribution in [-0.4, -0.2) is 17.0 Å². The minimum atomic E-state index is -0.0342. The van der Waals surface area contributed by atoms with E-state index in [-0.39, 0.29) is 17.9 Å². The summed E-state index contributed by atoms with van der Waals surface area (Å²) in [6.45, 7) is 3.27. The summed E-state index contributed by atoms with van der Waals surface area (Å²) in [7, 11) is 0. The van der Waals surface area contributed by atoms with Gasteiger partial charge in [-0.2, -0.15) is 0 Å². The molecular formula is C15H22N2O2. The first kappa shape index (κ1) is 13.8. The van der Waals surface area contributed by atoms with Gasteiger partial charge < -0.3 is 9.88 Å². The molecule has 0 aliphatic heterocycles. The van der Waals surface area contributed by atoms with Gasteiger partial charge in [0.25, 0.3) is 0 Å². The Hall–Kier alpha value is -1.58. The molecule has 2 rings (SSSR count). The number of amides is 1. The standard InChI is InChI=1S/C15H22N2O2/c1-2-6-15(7-3-8-15)12-16-14(19)11-17-9-4-13(18)5-10-17/h4-5,9-10H,2-3,6-8,11-12H2,1H3,(H,16,19). The Balaban J connectivity index is 1.81. The molecule has 19 heavy (non-hydrogen) atoms. The number of carbonyl (C=O) groups is 1. The Morgan fingerprint density at radius 3 is 2.58 bits per heavy atom. The number of hydrogen-bond donors (Lipinski definition) is 1. The molecule has 1 aliphatic carbocycles. The van der Waals surface area contributed by atoms with Crippen LogP contribution in [0.15, 0.2) is 29.3 Å². The highest BCUT2D eigenvalue weighted by atomic mass is 16.2. The molecule has 1 fully saturated rings. The van der Waals surface area contributed by atoms with Gasteiger partial charge in [0.15, 0.2) is 5.43 Å². The number of aromatic nitrogens is 1. The maximum absolute atomic E-state index is 11.9. The zero-order valence-electron chi connectivity index (χ0n) is 11.5. The third-order valence-electron chi connectivity index (χ3n) is 4.04. The molecule has 1 aromatic heterocycles. The first-order chi connectivity index (χ1) is 9.13. The zero-order chi connectivity index (χ0) is 13.7. The minimum Gasteiger partial charge on any atom is -0.354 e. The largest absolute Gasteiger partial charge is 0.354 e. The number of nitrogens with zero attached hydrogens (tertiary/aromatic N) is 1. The van der Waals surface area contributed by atoms with Crippen LogP contribution in [0.1, 0.15) is 39.0 Å². The number of pyridine rings is 1. The van der Waals surface area contributed by atoms with Gasteiger partial charge in [-0.05, 0) is 24.7 Å². The Morgan fingerprint density at radius 1 is 1.37 bits per heavy atom. The van der Waals surface area contributed by atoms with Gasteiger partial charge in [0, 0.05) is 31.1 Å². The molecule has 1 aliphatic rings. The Labute approximate surface area is 113 Å². The summed E-state index contributed by atoms with van der Waals surface area (Å²) in [5.41, 5.74) is 0.321. The van der Waals surface area contributed by atoms with E-state index in [9.17, 15) is 9.59 Å². The highest BCUT2D eigenvalue weighted by molar-refractivity contribution is 5.75. The molecule has 1 aromatic rings. The van der Waals surface area contributed by atoms with Gasteiger partial charge in [-0.3, -0.25) is 9.59 Å². The topological polar surface area (TPSA) is 51.1 Å². The third kappa shape index (κ3) is 3.69. The minimum absolute atomic E-state index is 0.0195. The fraction of sp³-hybridized carbons (Fsp3) is 0.600. The molecule has 0 bridgehead atoms. The summed E-state index contributed by atoms with van der Waals surface area (Å²) in [4.78, 5) is 22.8. The summed E-state index contributed by atoms with van der Waals surface area (Å²) in [6, 6.07) is 2.94. The predicted octanol–water partition coefficient (Wildman–Crippen LogP) is 1.93. The van der Waals surface area contributed by atoms with Gasteiger partial charge in [-0.15, -0.1) is 0 Å². The molecule has 1 heterocycles. The third-order valence-corrected chi connectivity index (χ3v) is 4.04. The van der Waals surface area contributed by atoms with E-state index in [1.54, 1.807) is 17.0 Å². The zero-order valence-corrected chi connectivity index (χ0v) is 11.5. The van der Waals surface area contributed by atoms with Crippen LogP contribution in [0.3, 0.4) is 0 Å². The van der Waals surface area contributed by atoms with Gasteiger partial charge in [0.2, 0.25) is 5.91 Å². The summed E-state index contributed by atoms with van der Waals surface area (Å²) in [5.74, 6) is 0.0195. The lowest BCUT2D eigenvalue weighted by molar-refractivity contribution is -0.122. The van der Waals surface area contributed by atoms with Crippen molar-refractivity contribution in [3.63, 3.8) is 0 Å². The van der Waals surface area contributed by atoms with E-state index >= 15 is 0 Å². The van der Waals surface area contributed by atoms with Crippen molar-refractivity contribution < 1.29 is 4.79 Å². The van der Waals surface area contributed by atoms with E-state index in [1.165, 1.54) is 44.2 Å². The second kappa shape index (κ2) is 6.04. The SMILES string of the molecule is CCCC1(CNC(=O)Cn2ccc(=O)cc2)CCC1. The van der Waals surface area contributed by atoms with Crippen LogP contribution in [-0.2, 0) is 11.3 Å².